The van der Waals surface area contributed by atoms with Crippen LogP contribution < -0.4 is 10.6 Å². The summed E-state index contributed by atoms with van der Waals surface area (Å²) in [6.07, 6.45) is 0.371. The monoisotopic (exact) mass is 579 g/mol. The first kappa shape index (κ1) is 30.7. The minimum absolute atomic E-state index is 0.0517. The molecule has 0 heterocycles. The number of rotatable bonds is 8. The number of carbonyl (C=O) groups excluding carboxylic acids is 3. The van der Waals surface area contributed by atoms with Crippen LogP contribution in [-0.4, -0.2) is 88.6 Å². The predicted octanol–water partition coefficient (Wildman–Crippen LogP) is 2.38. The highest BCUT2D eigenvalue weighted by Gasteiger charge is 2.58. The van der Waals surface area contributed by atoms with Gasteiger partial charge in [-0.3, -0.25) is 14.4 Å². The van der Waals surface area contributed by atoms with Crippen LogP contribution in [0.4, 0.5) is 5.69 Å². The molecule has 0 saturated heterocycles. The maximum Gasteiger partial charge on any atom is 0.335 e. The Morgan fingerprint density at radius 3 is 2.14 bits per heavy atom. The lowest BCUT2D eigenvalue weighted by Gasteiger charge is -2.48. The molecule has 224 valence electrons. The first-order valence-electron chi connectivity index (χ1n) is 13.6. The number of ketones is 2. The largest absolute Gasteiger partial charge is 0.508 e. The number of phenols is 1. The summed E-state index contributed by atoms with van der Waals surface area (Å²) >= 11 is 0. The number of allylic oxidation sites excluding steroid dienone is 1. The smallest absolute Gasteiger partial charge is 0.335 e. The maximum atomic E-state index is 14.2. The van der Waals surface area contributed by atoms with Gasteiger partial charge in [0.2, 0.25) is 5.91 Å². The Bertz CT molecular complexity index is 1510. The van der Waals surface area contributed by atoms with E-state index < -0.39 is 58.6 Å². The summed E-state index contributed by atoms with van der Waals surface area (Å²) in [6.45, 7) is 3.03. The number of carboxylic acid groups (broad SMARTS) is 1. The standard InChI is InChI=1S/C31H37N3O8/c1-14(29(32)39)27(37)31(42)21(15(2)33(3)4)12-18-11-20-22(34(5)6)13-19(16-7-9-17(10-8-16)30(40)41)25(35)24(20)26(36)23(18)28(31)38/h7-10,13-15,18,21,35,38,42H,11-12H2,1-6H3,(H2,32,39)(H,40,41)/t14?,15-,18-,21-,31+/m0/s1. The van der Waals surface area contributed by atoms with Gasteiger partial charge in [-0.15, -0.1) is 0 Å². The number of nitrogens with two attached hydrogens (primary N) is 1. The number of anilines is 1. The third-order valence-corrected chi connectivity index (χ3v) is 8.92. The van der Waals surface area contributed by atoms with Crippen LogP contribution in [0.5, 0.6) is 5.75 Å². The van der Waals surface area contributed by atoms with Crippen molar-refractivity contribution in [2.45, 2.75) is 38.3 Å². The fourth-order valence-corrected chi connectivity index (χ4v) is 6.25. The summed E-state index contributed by atoms with van der Waals surface area (Å²) in [7, 11) is 7.10. The second-order valence-electron chi connectivity index (χ2n) is 11.7. The molecule has 6 N–H and O–H groups in total. The number of nitrogens with zero attached hydrogens (tertiary/aromatic N) is 2. The van der Waals surface area contributed by atoms with Crippen LogP contribution in [0.15, 0.2) is 41.7 Å². The van der Waals surface area contributed by atoms with Crippen molar-refractivity contribution in [3.63, 3.8) is 0 Å². The van der Waals surface area contributed by atoms with E-state index in [9.17, 15) is 39.6 Å². The molecule has 2 aliphatic rings. The number of amides is 1. The van der Waals surface area contributed by atoms with Gasteiger partial charge < -0.3 is 36.0 Å². The van der Waals surface area contributed by atoms with E-state index in [1.54, 1.807) is 51.0 Å². The number of aliphatic hydroxyl groups excluding tert-OH is 1. The lowest BCUT2D eigenvalue weighted by atomic mass is 9.60. The first-order chi connectivity index (χ1) is 19.5. The molecule has 0 radical (unpaired) electrons. The summed E-state index contributed by atoms with van der Waals surface area (Å²) in [4.78, 5) is 54.7. The molecule has 1 amide bonds. The highest BCUT2D eigenvalue weighted by atomic mass is 16.4. The Labute approximate surface area is 243 Å². The van der Waals surface area contributed by atoms with Crippen LogP contribution in [0.1, 0.15) is 46.5 Å². The molecule has 11 heteroatoms. The second-order valence-corrected chi connectivity index (χ2v) is 11.7. The number of Topliss-reactive ketones (excluding diaryl/α,β-unsaturated/α-hetero) is 2. The molecule has 42 heavy (non-hydrogen) atoms. The predicted molar refractivity (Wildman–Crippen MR) is 156 cm³/mol. The Kier molecular flexibility index (Phi) is 7.96. The number of aliphatic hydroxyl groups is 2. The van der Waals surface area contributed by atoms with Gasteiger partial charge in [0.15, 0.2) is 17.2 Å². The van der Waals surface area contributed by atoms with Crippen molar-refractivity contribution in [1.82, 2.24) is 4.90 Å². The van der Waals surface area contributed by atoms with Gasteiger partial charge in [-0.25, -0.2) is 4.79 Å². The van der Waals surface area contributed by atoms with Crippen molar-refractivity contribution in [3.8, 4) is 16.9 Å². The topological polar surface area (TPSA) is 182 Å². The molecule has 0 aromatic heterocycles. The molecule has 0 saturated carbocycles. The summed E-state index contributed by atoms with van der Waals surface area (Å²) in [5.74, 6) is -7.93. The minimum atomic E-state index is -2.57. The van der Waals surface area contributed by atoms with E-state index in [0.717, 1.165) is 0 Å². The molecule has 0 fully saturated rings. The van der Waals surface area contributed by atoms with Gasteiger partial charge >= 0.3 is 5.97 Å². The molecule has 0 aliphatic heterocycles. The molecule has 0 bridgehead atoms. The molecule has 2 aromatic carbocycles. The number of phenolic OH excluding ortho intramolecular Hbond substituents is 1. The van der Waals surface area contributed by atoms with E-state index >= 15 is 0 Å². The molecular weight excluding hydrogens is 542 g/mol. The Morgan fingerprint density at radius 1 is 1.05 bits per heavy atom. The van der Waals surface area contributed by atoms with Gasteiger partial charge in [0, 0.05) is 42.9 Å². The number of aromatic carboxylic acids is 1. The summed E-state index contributed by atoms with van der Waals surface area (Å²) < 4.78 is 0. The van der Waals surface area contributed by atoms with Crippen molar-refractivity contribution in [2.24, 2.45) is 23.5 Å². The van der Waals surface area contributed by atoms with Crippen LogP contribution in [0, 0.1) is 17.8 Å². The van der Waals surface area contributed by atoms with E-state index in [4.69, 9.17) is 5.73 Å². The maximum absolute atomic E-state index is 14.2. The van der Waals surface area contributed by atoms with Gasteiger partial charge in [0.1, 0.15) is 11.5 Å². The molecule has 1 unspecified atom stereocenters. The lowest BCUT2D eigenvalue weighted by molar-refractivity contribution is -0.154. The van der Waals surface area contributed by atoms with Crippen LogP contribution in [0.3, 0.4) is 0 Å². The molecule has 0 spiro atoms. The van der Waals surface area contributed by atoms with E-state index in [1.165, 1.54) is 31.2 Å². The lowest BCUT2D eigenvalue weighted by Crippen LogP contribution is -2.60. The molecular formula is C31H37N3O8. The summed E-state index contributed by atoms with van der Waals surface area (Å²) in [5, 5.41) is 44.3. The molecule has 2 aliphatic carbocycles. The third-order valence-electron chi connectivity index (χ3n) is 8.92. The molecule has 4 rings (SSSR count). The number of aromatic hydroxyl groups is 1. The fraction of sp³-hybridized carbons (Fsp3) is 0.419. The fourth-order valence-electron chi connectivity index (χ4n) is 6.25. The Balaban J connectivity index is 1.97. The third kappa shape index (κ3) is 4.72. The molecule has 2 aromatic rings. The quantitative estimate of drug-likeness (QED) is 0.291. The van der Waals surface area contributed by atoms with Gasteiger partial charge in [-0.1, -0.05) is 12.1 Å². The second kappa shape index (κ2) is 10.9. The number of benzene rings is 2. The van der Waals surface area contributed by atoms with Gasteiger partial charge in [0.05, 0.1) is 17.0 Å². The van der Waals surface area contributed by atoms with E-state index in [2.05, 4.69) is 0 Å². The van der Waals surface area contributed by atoms with E-state index in [-0.39, 0.29) is 40.9 Å². The average molecular weight is 580 g/mol. The van der Waals surface area contributed by atoms with Crippen molar-refractivity contribution in [1.29, 1.82) is 0 Å². The number of carbonyl (C=O) groups is 4. The average Bonchev–Trinajstić information content (AvgIpc) is 2.93. The number of hydrogen-bond acceptors (Lipinski definition) is 9. The minimum Gasteiger partial charge on any atom is -0.508 e. The van der Waals surface area contributed by atoms with Crippen molar-refractivity contribution in [3.05, 3.63) is 58.4 Å². The zero-order chi connectivity index (χ0) is 31.4. The van der Waals surface area contributed by atoms with Crippen LogP contribution in [0.2, 0.25) is 0 Å². The number of primary amides is 1. The van der Waals surface area contributed by atoms with Crippen LogP contribution in [-0.2, 0) is 16.0 Å². The molecule has 5 atom stereocenters. The zero-order valence-electron chi connectivity index (χ0n) is 24.5. The van der Waals surface area contributed by atoms with Gasteiger partial charge in [0.25, 0.3) is 0 Å². The Morgan fingerprint density at radius 2 is 1.64 bits per heavy atom. The highest BCUT2D eigenvalue weighted by molar-refractivity contribution is 6.17. The van der Waals surface area contributed by atoms with Crippen LogP contribution >= 0.6 is 0 Å². The van der Waals surface area contributed by atoms with E-state index in [0.29, 0.717) is 16.8 Å². The number of fused-ring (bicyclic) bond motifs is 2. The van der Waals surface area contributed by atoms with Crippen molar-refractivity contribution >= 4 is 29.1 Å². The van der Waals surface area contributed by atoms with Gasteiger partial charge in [-0.2, -0.15) is 0 Å². The normalized spacial score (nSPS) is 23.2. The zero-order valence-corrected chi connectivity index (χ0v) is 24.5. The van der Waals surface area contributed by atoms with E-state index in [1.807, 2.05) is 0 Å². The highest BCUT2D eigenvalue weighted by Crippen LogP contribution is 2.52. The van der Waals surface area contributed by atoms with Crippen molar-refractivity contribution in [2.75, 3.05) is 33.1 Å². The summed E-state index contributed by atoms with van der Waals surface area (Å²) in [5.41, 5.74) is 4.54. The molecule has 11 nitrogen and oxygen atoms in total. The van der Waals surface area contributed by atoms with Gasteiger partial charge in [-0.05, 0) is 76.0 Å². The van der Waals surface area contributed by atoms with Crippen LogP contribution in [0.25, 0.3) is 11.1 Å². The first-order valence-corrected chi connectivity index (χ1v) is 13.6. The SMILES string of the molecule is CC(C(N)=O)C(=O)[C@@]1(O)C(O)=C2C(=O)c3c(O)c(-c4ccc(C(=O)O)cc4)cc(N(C)C)c3C[C@H]2C[C@H]1[C@H](C)N(C)C. The summed E-state index contributed by atoms with van der Waals surface area (Å²) in [6, 6.07) is 7.09. The number of carboxylic acids is 1. The van der Waals surface area contributed by atoms with Crippen molar-refractivity contribution < 1.29 is 39.6 Å². The Hall–Kier alpha value is -4.22. The number of hydrogen-bond donors (Lipinski definition) is 5.